The molecule has 14 heavy (non-hydrogen) atoms. The predicted molar refractivity (Wildman–Crippen MR) is 52.2 cm³/mol. The highest BCUT2D eigenvalue weighted by Crippen LogP contribution is 2.13. The number of methoxy groups -OCH3 is 1. The summed E-state index contributed by atoms with van der Waals surface area (Å²) in [6.07, 6.45) is 2.59. The summed E-state index contributed by atoms with van der Waals surface area (Å²) < 4.78 is 17.7. The van der Waals surface area contributed by atoms with Crippen LogP contribution in [0.15, 0.2) is 24.3 Å². The Kier molecular flexibility index (Phi) is 3.40. The smallest absolute Gasteiger partial charge is 0.330 e. The molecule has 0 aliphatic carbocycles. The minimum atomic E-state index is -0.495. The first-order valence-electron chi connectivity index (χ1n) is 4.16. The fraction of sp³-hybridized carbons (Fsp3) is 0.182. The molecule has 0 aromatic heterocycles. The van der Waals surface area contributed by atoms with Gasteiger partial charge in [-0.2, -0.15) is 0 Å². The van der Waals surface area contributed by atoms with Gasteiger partial charge in [-0.05, 0) is 18.6 Å². The Hall–Kier alpha value is -1.64. The Bertz CT molecular complexity index is 370. The average molecular weight is 194 g/mol. The van der Waals surface area contributed by atoms with Crippen LogP contribution in [0.1, 0.15) is 11.1 Å². The van der Waals surface area contributed by atoms with E-state index in [9.17, 15) is 9.18 Å². The number of carbonyl (C=O) groups excluding carboxylic acids is 1. The molecule has 0 amide bonds. The molecule has 1 aromatic carbocycles. The van der Waals surface area contributed by atoms with E-state index < -0.39 is 5.97 Å². The Labute approximate surface area is 82.0 Å². The lowest BCUT2D eigenvalue weighted by Crippen LogP contribution is -1.94. The first-order valence-corrected chi connectivity index (χ1v) is 4.16. The Morgan fingerprint density at radius 2 is 2.21 bits per heavy atom. The molecule has 0 unspecified atom stereocenters. The summed E-state index contributed by atoms with van der Waals surface area (Å²) in [5.41, 5.74) is 0.937. The van der Waals surface area contributed by atoms with Crippen molar-refractivity contribution in [2.24, 2.45) is 0 Å². The molecule has 3 heteroatoms. The van der Waals surface area contributed by atoms with Crippen molar-refractivity contribution in [3.05, 3.63) is 41.2 Å². The molecule has 0 N–H and O–H groups in total. The zero-order valence-electron chi connectivity index (χ0n) is 8.08. The van der Waals surface area contributed by atoms with E-state index in [0.717, 1.165) is 0 Å². The van der Waals surface area contributed by atoms with Crippen molar-refractivity contribution in [1.82, 2.24) is 0 Å². The van der Waals surface area contributed by atoms with E-state index in [4.69, 9.17) is 0 Å². The molecular formula is C11H11FO2. The number of rotatable bonds is 2. The Balaban J connectivity index is 2.92. The lowest BCUT2D eigenvalue weighted by molar-refractivity contribution is -0.134. The van der Waals surface area contributed by atoms with Crippen LogP contribution in [-0.4, -0.2) is 13.1 Å². The van der Waals surface area contributed by atoms with Crippen molar-refractivity contribution >= 4 is 12.0 Å². The molecule has 0 heterocycles. The maximum atomic E-state index is 13.4. The number of halogens is 1. The van der Waals surface area contributed by atoms with E-state index in [1.807, 2.05) is 0 Å². The quantitative estimate of drug-likeness (QED) is 0.533. The molecule has 0 saturated heterocycles. The summed E-state index contributed by atoms with van der Waals surface area (Å²) in [7, 11) is 1.28. The summed E-state index contributed by atoms with van der Waals surface area (Å²) in [5, 5.41) is 0. The molecule has 2 nitrogen and oxygen atoms in total. The van der Waals surface area contributed by atoms with Gasteiger partial charge >= 0.3 is 5.97 Å². The number of aryl methyl sites for hydroxylation is 1. The topological polar surface area (TPSA) is 26.3 Å². The highest BCUT2D eigenvalue weighted by atomic mass is 19.1. The second-order valence-electron chi connectivity index (χ2n) is 2.83. The van der Waals surface area contributed by atoms with Crippen LogP contribution < -0.4 is 0 Å². The highest BCUT2D eigenvalue weighted by Gasteiger charge is 2.01. The van der Waals surface area contributed by atoms with Gasteiger partial charge < -0.3 is 4.74 Å². The third-order valence-electron chi connectivity index (χ3n) is 1.82. The maximum Gasteiger partial charge on any atom is 0.330 e. The number of ether oxygens (including phenoxy) is 1. The number of hydrogen-bond donors (Lipinski definition) is 0. The van der Waals surface area contributed by atoms with Gasteiger partial charge in [-0.25, -0.2) is 9.18 Å². The van der Waals surface area contributed by atoms with Crippen LogP contribution in [0, 0.1) is 12.7 Å². The predicted octanol–water partition coefficient (Wildman–Crippen LogP) is 2.32. The van der Waals surface area contributed by atoms with E-state index >= 15 is 0 Å². The fourth-order valence-corrected chi connectivity index (χ4v) is 1.02. The van der Waals surface area contributed by atoms with Crippen LogP contribution in [0.3, 0.4) is 0 Å². The molecule has 0 bridgehead atoms. The molecule has 1 aromatic rings. The summed E-state index contributed by atoms with van der Waals surface area (Å²) in [5.74, 6) is -0.807. The standard InChI is InChI=1S/C11H11FO2/c1-8-4-3-5-9(11(8)12)6-7-10(13)14-2/h3-7H,1-2H3. The van der Waals surface area contributed by atoms with Crippen molar-refractivity contribution in [2.75, 3.05) is 7.11 Å². The minimum Gasteiger partial charge on any atom is -0.466 e. The van der Waals surface area contributed by atoms with Crippen molar-refractivity contribution in [3.8, 4) is 0 Å². The fourth-order valence-electron chi connectivity index (χ4n) is 1.02. The van der Waals surface area contributed by atoms with Crippen LogP contribution >= 0.6 is 0 Å². The molecule has 0 aliphatic rings. The summed E-state index contributed by atoms with van der Waals surface area (Å²) in [6, 6.07) is 5.00. The maximum absolute atomic E-state index is 13.4. The van der Waals surface area contributed by atoms with Gasteiger partial charge in [-0.3, -0.25) is 0 Å². The Morgan fingerprint density at radius 3 is 2.86 bits per heavy atom. The molecule has 0 atom stereocenters. The van der Waals surface area contributed by atoms with Crippen LogP contribution in [0.4, 0.5) is 4.39 Å². The van der Waals surface area contributed by atoms with E-state index in [1.54, 1.807) is 25.1 Å². The first-order chi connectivity index (χ1) is 6.65. The largest absolute Gasteiger partial charge is 0.466 e. The van der Waals surface area contributed by atoms with Crippen molar-refractivity contribution in [3.63, 3.8) is 0 Å². The van der Waals surface area contributed by atoms with Crippen LogP contribution in [0.5, 0.6) is 0 Å². The minimum absolute atomic E-state index is 0.312. The number of carbonyl (C=O) groups is 1. The van der Waals surface area contributed by atoms with Crippen LogP contribution in [-0.2, 0) is 9.53 Å². The van der Waals surface area contributed by atoms with Gasteiger partial charge in [0.2, 0.25) is 0 Å². The van der Waals surface area contributed by atoms with E-state index in [1.165, 1.54) is 19.3 Å². The SMILES string of the molecule is COC(=O)C=Cc1cccc(C)c1F. The molecule has 74 valence electrons. The molecule has 0 spiro atoms. The van der Waals surface area contributed by atoms with Gasteiger partial charge in [0.15, 0.2) is 0 Å². The van der Waals surface area contributed by atoms with Gasteiger partial charge in [-0.15, -0.1) is 0 Å². The first kappa shape index (κ1) is 10.4. The zero-order chi connectivity index (χ0) is 10.6. The van der Waals surface area contributed by atoms with Crippen molar-refractivity contribution in [1.29, 1.82) is 0 Å². The number of hydrogen-bond acceptors (Lipinski definition) is 2. The summed E-state index contributed by atoms with van der Waals surface area (Å²) in [4.78, 5) is 10.7. The highest BCUT2D eigenvalue weighted by molar-refractivity contribution is 5.86. The number of benzene rings is 1. The monoisotopic (exact) mass is 194 g/mol. The zero-order valence-corrected chi connectivity index (χ0v) is 8.08. The van der Waals surface area contributed by atoms with Crippen molar-refractivity contribution in [2.45, 2.75) is 6.92 Å². The van der Waals surface area contributed by atoms with Crippen LogP contribution in [0.2, 0.25) is 0 Å². The second-order valence-corrected chi connectivity index (χ2v) is 2.83. The Morgan fingerprint density at radius 1 is 1.50 bits per heavy atom. The van der Waals surface area contributed by atoms with Gasteiger partial charge in [0.1, 0.15) is 5.82 Å². The van der Waals surface area contributed by atoms with E-state index in [2.05, 4.69) is 4.74 Å². The van der Waals surface area contributed by atoms with Gasteiger partial charge in [0, 0.05) is 11.6 Å². The van der Waals surface area contributed by atoms with E-state index in [0.29, 0.717) is 11.1 Å². The van der Waals surface area contributed by atoms with Gasteiger partial charge in [-0.1, -0.05) is 18.2 Å². The molecule has 0 radical (unpaired) electrons. The summed E-state index contributed by atoms with van der Waals surface area (Å²) >= 11 is 0. The average Bonchev–Trinajstić information content (AvgIpc) is 2.20. The normalized spacial score (nSPS) is 10.5. The van der Waals surface area contributed by atoms with Crippen molar-refractivity contribution < 1.29 is 13.9 Å². The molecule has 0 fully saturated rings. The lowest BCUT2D eigenvalue weighted by Gasteiger charge is -1.99. The molecule has 0 saturated carbocycles. The lowest BCUT2D eigenvalue weighted by atomic mass is 10.1. The second kappa shape index (κ2) is 4.56. The van der Waals surface area contributed by atoms with E-state index in [-0.39, 0.29) is 5.82 Å². The van der Waals surface area contributed by atoms with Crippen LogP contribution in [0.25, 0.3) is 6.08 Å². The third kappa shape index (κ3) is 2.42. The van der Waals surface area contributed by atoms with Gasteiger partial charge in [0.25, 0.3) is 0 Å². The third-order valence-corrected chi connectivity index (χ3v) is 1.82. The summed E-state index contributed by atoms with van der Waals surface area (Å²) in [6.45, 7) is 1.67. The molecule has 1 rings (SSSR count). The molecule has 0 aliphatic heterocycles. The van der Waals surface area contributed by atoms with Gasteiger partial charge in [0.05, 0.1) is 7.11 Å². The molecular weight excluding hydrogens is 183 g/mol. The number of esters is 1.